The second kappa shape index (κ2) is 6.61. The largest absolute Gasteiger partial charge is 0.405 e. The minimum atomic E-state index is -0.857. The van der Waals surface area contributed by atoms with E-state index in [0.29, 0.717) is 5.56 Å². The molecule has 2 aromatic carbocycles. The van der Waals surface area contributed by atoms with Gasteiger partial charge >= 0.3 is 5.63 Å². The van der Waals surface area contributed by atoms with Crippen LogP contribution in [0.25, 0.3) is 10.8 Å². The van der Waals surface area contributed by atoms with Crippen LogP contribution in [-0.4, -0.2) is 5.78 Å². The van der Waals surface area contributed by atoms with E-state index in [4.69, 9.17) is 4.42 Å². The SMILES string of the molecule is CC(=O)c1c(N[C@H](c2cccc(F)c2)C2CC2)oc(=O)c2c(F)cccc12. The van der Waals surface area contributed by atoms with E-state index in [1.54, 1.807) is 12.1 Å². The topological polar surface area (TPSA) is 59.3 Å². The lowest BCUT2D eigenvalue weighted by atomic mass is 10.0. The minimum absolute atomic E-state index is 0.00763. The van der Waals surface area contributed by atoms with Gasteiger partial charge < -0.3 is 9.73 Å². The third kappa shape index (κ3) is 3.23. The first-order valence-electron chi connectivity index (χ1n) is 8.74. The summed E-state index contributed by atoms with van der Waals surface area (Å²) in [5.74, 6) is -1.23. The number of Topliss-reactive ketones (excluding diaryl/α,β-unsaturated/α-hetero) is 1. The average molecular weight is 369 g/mol. The van der Waals surface area contributed by atoms with E-state index in [1.807, 2.05) is 0 Å². The molecule has 4 rings (SSSR count). The van der Waals surface area contributed by atoms with Crippen LogP contribution in [0.2, 0.25) is 0 Å². The number of hydrogen-bond donors (Lipinski definition) is 1. The van der Waals surface area contributed by atoms with Crippen LogP contribution in [0.5, 0.6) is 0 Å². The van der Waals surface area contributed by atoms with Gasteiger partial charge in [0, 0.05) is 5.39 Å². The van der Waals surface area contributed by atoms with Gasteiger partial charge in [0.1, 0.15) is 17.0 Å². The molecule has 0 spiro atoms. The maximum absolute atomic E-state index is 14.1. The minimum Gasteiger partial charge on any atom is -0.405 e. The van der Waals surface area contributed by atoms with Crippen LogP contribution in [0.4, 0.5) is 14.7 Å². The predicted octanol–water partition coefficient (Wildman–Crippen LogP) is 4.84. The van der Waals surface area contributed by atoms with Crippen LogP contribution in [-0.2, 0) is 0 Å². The van der Waals surface area contributed by atoms with Crippen molar-refractivity contribution in [2.24, 2.45) is 5.92 Å². The maximum atomic E-state index is 14.1. The van der Waals surface area contributed by atoms with Crippen molar-refractivity contribution in [3.63, 3.8) is 0 Å². The zero-order valence-corrected chi connectivity index (χ0v) is 14.6. The molecular formula is C21H17F2NO3. The Hall–Kier alpha value is -3.02. The number of anilines is 1. The van der Waals surface area contributed by atoms with Crippen LogP contribution in [0.1, 0.15) is 41.7 Å². The lowest BCUT2D eigenvalue weighted by Gasteiger charge is -2.21. The highest BCUT2D eigenvalue weighted by molar-refractivity contribution is 6.10. The average Bonchev–Trinajstić information content (AvgIpc) is 3.44. The number of hydrogen-bond acceptors (Lipinski definition) is 4. The monoisotopic (exact) mass is 369 g/mol. The summed E-state index contributed by atoms with van der Waals surface area (Å²) in [6.07, 6.45) is 1.88. The van der Waals surface area contributed by atoms with E-state index in [1.165, 1.54) is 31.2 Å². The molecule has 1 fully saturated rings. The molecule has 27 heavy (non-hydrogen) atoms. The molecule has 1 aliphatic rings. The summed E-state index contributed by atoms with van der Waals surface area (Å²) in [5, 5.41) is 3.07. The van der Waals surface area contributed by atoms with Crippen LogP contribution in [0, 0.1) is 17.6 Å². The summed E-state index contributed by atoms with van der Waals surface area (Å²) < 4.78 is 33.1. The number of nitrogens with one attached hydrogen (secondary N) is 1. The van der Waals surface area contributed by atoms with Crippen molar-refractivity contribution in [2.75, 3.05) is 5.32 Å². The summed E-state index contributed by atoms with van der Waals surface area (Å²) in [5.41, 5.74) is -0.0375. The van der Waals surface area contributed by atoms with Gasteiger partial charge in [0.25, 0.3) is 0 Å². The number of halogens is 2. The molecule has 138 valence electrons. The zero-order chi connectivity index (χ0) is 19.1. The lowest BCUT2D eigenvalue weighted by molar-refractivity contribution is 0.101. The van der Waals surface area contributed by atoms with Gasteiger partial charge in [-0.3, -0.25) is 4.79 Å². The highest BCUT2D eigenvalue weighted by Crippen LogP contribution is 2.43. The second-order valence-corrected chi connectivity index (χ2v) is 6.83. The Balaban J connectivity index is 1.87. The zero-order valence-electron chi connectivity index (χ0n) is 14.6. The molecular weight excluding hydrogens is 352 g/mol. The van der Waals surface area contributed by atoms with Crippen LogP contribution >= 0.6 is 0 Å². The molecule has 0 saturated heterocycles. The Kier molecular flexibility index (Phi) is 4.26. The molecule has 3 aromatic rings. The molecule has 1 atom stereocenters. The van der Waals surface area contributed by atoms with Gasteiger partial charge in [-0.15, -0.1) is 0 Å². The first-order chi connectivity index (χ1) is 13.0. The van der Waals surface area contributed by atoms with Gasteiger partial charge in [-0.05, 0) is 49.4 Å². The van der Waals surface area contributed by atoms with E-state index in [0.717, 1.165) is 18.9 Å². The van der Waals surface area contributed by atoms with E-state index in [9.17, 15) is 18.4 Å². The Morgan fingerprint density at radius 1 is 1.19 bits per heavy atom. The normalized spacial score (nSPS) is 14.9. The molecule has 0 unspecified atom stereocenters. The fraction of sp³-hybridized carbons (Fsp3) is 0.238. The highest BCUT2D eigenvalue weighted by atomic mass is 19.1. The number of rotatable bonds is 5. The van der Waals surface area contributed by atoms with Gasteiger partial charge in [-0.25, -0.2) is 13.6 Å². The summed E-state index contributed by atoms with van der Waals surface area (Å²) in [6, 6.07) is 9.97. The third-order valence-electron chi connectivity index (χ3n) is 4.85. The van der Waals surface area contributed by atoms with Crippen molar-refractivity contribution >= 4 is 22.4 Å². The Morgan fingerprint density at radius 3 is 2.59 bits per heavy atom. The summed E-state index contributed by atoms with van der Waals surface area (Å²) in [7, 11) is 0. The Morgan fingerprint density at radius 2 is 1.93 bits per heavy atom. The van der Waals surface area contributed by atoms with Crippen molar-refractivity contribution in [1.29, 1.82) is 0 Å². The van der Waals surface area contributed by atoms with E-state index >= 15 is 0 Å². The summed E-state index contributed by atoms with van der Waals surface area (Å²) in [4.78, 5) is 24.6. The molecule has 4 nitrogen and oxygen atoms in total. The molecule has 0 radical (unpaired) electrons. The Labute approximate surface area is 153 Å². The first-order valence-corrected chi connectivity index (χ1v) is 8.74. The van der Waals surface area contributed by atoms with Crippen LogP contribution in [0.15, 0.2) is 51.7 Å². The number of carbonyl (C=O) groups excluding carboxylic acids is 1. The third-order valence-corrected chi connectivity index (χ3v) is 4.85. The number of benzene rings is 2. The van der Waals surface area contributed by atoms with E-state index in [-0.39, 0.29) is 45.8 Å². The molecule has 1 aliphatic carbocycles. The number of ketones is 1. The van der Waals surface area contributed by atoms with Gasteiger partial charge in [0.15, 0.2) is 5.78 Å². The summed E-state index contributed by atoms with van der Waals surface area (Å²) in [6.45, 7) is 1.33. The fourth-order valence-corrected chi connectivity index (χ4v) is 3.45. The van der Waals surface area contributed by atoms with Crippen molar-refractivity contribution in [3.05, 3.63) is 75.6 Å². The Bertz CT molecular complexity index is 1100. The molecule has 1 saturated carbocycles. The molecule has 1 heterocycles. The van der Waals surface area contributed by atoms with E-state index < -0.39 is 11.4 Å². The molecule has 0 aliphatic heterocycles. The van der Waals surface area contributed by atoms with Crippen molar-refractivity contribution < 1.29 is 18.0 Å². The highest BCUT2D eigenvalue weighted by Gasteiger charge is 2.34. The molecule has 1 N–H and O–H groups in total. The smallest absolute Gasteiger partial charge is 0.348 e. The summed E-state index contributed by atoms with van der Waals surface area (Å²) >= 11 is 0. The molecule has 6 heteroatoms. The van der Waals surface area contributed by atoms with Gasteiger partial charge in [0.05, 0.1) is 11.6 Å². The van der Waals surface area contributed by atoms with E-state index in [2.05, 4.69) is 5.32 Å². The number of carbonyl (C=O) groups is 1. The molecule has 0 bridgehead atoms. The first kappa shape index (κ1) is 17.4. The standard InChI is InChI=1S/C21H17F2NO3/c1-11(25)17-15-6-3-7-16(23)18(15)21(26)27-20(17)24-19(12-8-9-12)13-4-2-5-14(22)10-13/h2-7,10,12,19,24H,8-9H2,1H3/t19-/m0/s1. The van der Waals surface area contributed by atoms with Gasteiger partial charge in [-0.2, -0.15) is 0 Å². The fourth-order valence-electron chi connectivity index (χ4n) is 3.45. The lowest BCUT2D eigenvalue weighted by Crippen LogP contribution is -2.18. The quantitative estimate of drug-likeness (QED) is 0.654. The van der Waals surface area contributed by atoms with Gasteiger partial charge in [-0.1, -0.05) is 24.3 Å². The van der Waals surface area contributed by atoms with Crippen LogP contribution in [0.3, 0.4) is 0 Å². The van der Waals surface area contributed by atoms with Crippen molar-refractivity contribution in [1.82, 2.24) is 0 Å². The second-order valence-electron chi connectivity index (χ2n) is 6.83. The molecule has 1 aromatic heterocycles. The van der Waals surface area contributed by atoms with Crippen LogP contribution < -0.4 is 10.9 Å². The van der Waals surface area contributed by atoms with Crippen molar-refractivity contribution in [2.45, 2.75) is 25.8 Å². The van der Waals surface area contributed by atoms with Crippen molar-refractivity contribution in [3.8, 4) is 0 Å². The predicted molar refractivity (Wildman–Crippen MR) is 97.9 cm³/mol. The maximum Gasteiger partial charge on any atom is 0.348 e. The van der Waals surface area contributed by atoms with Gasteiger partial charge in [0.2, 0.25) is 5.88 Å². The number of fused-ring (bicyclic) bond motifs is 1. The molecule has 0 amide bonds.